The number of hydrogen-bond donors (Lipinski definition) is 0. The summed E-state index contributed by atoms with van der Waals surface area (Å²) in [7, 11) is 0. The van der Waals surface area contributed by atoms with Crippen molar-refractivity contribution in [2.45, 2.75) is 0 Å². The fourth-order valence-corrected chi connectivity index (χ4v) is 4.50. The van der Waals surface area contributed by atoms with E-state index in [9.17, 15) is 0 Å². The fraction of sp³-hybridized carbons (Fsp3) is 0. The van der Waals surface area contributed by atoms with Crippen LogP contribution in [-0.4, -0.2) is 4.98 Å². The minimum atomic E-state index is -0.448. The maximum absolute atomic E-state index is 8.71. The highest BCUT2D eigenvalue weighted by Crippen LogP contribution is 2.44. The number of nitrogens with zero attached hydrogens (tertiary/aromatic N) is 2. The topological polar surface area (TPSA) is 42.4 Å². The van der Waals surface area contributed by atoms with Crippen molar-refractivity contribution in [3.8, 4) is 11.5 Å². The van der Waals surface area contributed by atoms with Crippen LogP contribution in [0.4, 0.5) is 17.1 Å². The molecule has 0 fully saturated rings. The lowest BCUT2D eigenvalue weighted by Gasteiger charge is -2.25. The Morgan fingerprint density at radius 1 is 0.657 bits per heavy atom. The van der Waals surface area contributed by atoms with Crippen LogP contribution in [0.15, 0.2) is 130 Å². The predicted octanol–water partition coefficient (Wildman–Crippen LogP) is 8.86. The number of benzene rings is 5. The van der Waals surface area contributed by atoms with Crippen LogP contribution >= 0.6 is 0 Å². The summed E-state index contributed by atoms with van der Waals surface area (Å²) in [4.78, 5) is 6.35. The Kier molecular flexibility index (Phi) is 3.41. The Morgan fingerprint density at radius 2 is 1.43 bits per heavy atom. The lowest BCUT2D eigenvalue weighted by Crippen LogP contribution is -2.09. The zero-order valence-corrected chi connectivity index (χ0v) is 18.4. The first-order valence-corrected chi connectivity index (χ1v) is 11.2. The number of anilines is 3. The Bertz CT molecular complexity index is 2020. The summed E-state index contributed by atoms with van der Waals surface area (Å²) in [6.45, 7) is 0. The van der Waals surface area contributed by atoms with Gasteiger partial charge in [-0.1, -0.05) is 66.7 Å². The molecule has 4 nitrogen and oxygen atoms in total. The molecule has 0 amide bonds. The molecule has 0 N–H and O–H groups in total. The molecule has 7 aromatic rings. The Hall–Kier alpha value is -4.83. The van der Waals surface area contributed by atoms with Crippen LogP contribution in [0.2, 0.25) is 0 Å². The van der Waals surface area contributed by atoms with Gasteiger partial charge in [-0.25, -0.2) is 4.98 Å². The zero-order valence-electron chi connectivity index (χ0n) is 23.4. The van der Waals surface area contributed by atoms with Crippen LogP contribution in [0, 0.1) is 0 Å². The summed E-state index contributed by atoms with van der Waals surface area (Å²) >= 11 is 0. The molecule has 0 spiro atoms. The van der Waals surface area contributed by atoms with Crippen LogP contribution in [0.1, 0.15) is 6.85 Å². The van der Waals surface area contributed by atoms with Gasteiger partial charge in [0, 0.05) is 27.7 Å². The fourth-order valence-electron chi connectivity index (χ4n) is 4.50. The van der Waals surface area contributed by atoms with Crippen LogP contribution in [-0.2, 0) is 0 Å². The normalized spacial score (nSPS) is 13.4. The molecule has 0 aliphatic rings. The molecule has 7 rings (SSSR count). The summed E-state index contributed by atoms with van der Waals surface area (Å²) in [6, 6.07) is 26.1. The number of aromatic nitrogens is 1. The van der Waals surface area contributed by atoms with Gasteiger partial charge < -0.3 is 13.7 Å². The molecular weight excluding hydrogens is 432 g/mol. The van der Waals surface area contributed by atoms with E-state index in [1.54, 1.807) is 4.90 Å². The number of para-hydroxylation sites is 5. The monoisotopic (exact) mass is 457 g/mol. The van der Waals surface area contributed by atoms with E-state index >= 15 is 0 Å². The van der Waals surface area contributed by atoms with Gasteiger partial charge in [0.1, 0.15) is 11.1 Å². The van der Waals surface area contributed by atoms with Crippen LogP contribution in [0.5, 0.6) is 0 Å². The number of furan rings is 1. The second-order valence-electron chi connectivity index (χ2n) is 8.07. The lowest BCUT2D eigenvalue weighted by atomic mass is 10.1. The van der Waals surface area contributed by atoms with Gasteiger partial charge in [0.15, 0.2) is 11.2 Å². The summed E-state index contributed by atoms with van der Waals surface area (Å²) in [5.41, 5.74) is 4.48. The molecule has 0 saturated heterocycles. The molecule has 2 aromatic heterocycles. The van der Waals surface area contributed by atoms with E-state index in [1.807, 2.05) is 91.0 Å². The van der Waals surface area contributed by atoms with Crippen LogP contribution < -0.4 is 4.90 Å². The Morgan fingerprint density at radius 3 is 2.29 bits per heavy atom. The molecule has 0 radical (unpaired) electrons. The molecule has 0 aliphatic heterocycles. The van der Waals surface area contributed by atoms with Crippen molar-refractivity contribution >= 4 is 50.1 Å². The molecule has 0 bridgehead atoms. The zero-order chi connectivity index (χ0) is 27.5. The third kappa shape index (κ3) is 3.19. The van der Waals surface area contributed by atoms with Crippen molar-refractivity contribution in [3.05, 3.63) is 121 Å². The molecule has 0 saturated carbocycles. The summed E-state index contributed by atoms with van der Waals surface area (Å²) in [6.07, 6.45) is 0. The van der Waals surface area contributed by atoms with Gasteiger partial charge >= 0.3 is 0 Å². The highest BCUT2D eigenvalue weighted by Gasteiger charge is 2.21. The van der Waals surface area contributed by atoms with E-state index in [-0.39, 0.29) is 17.8 Å². The smallest absolute Gasteiger partial charge is 0.228 e. The molecular formula is C31H20N2O2. The molecule has 35 heavy (non-hydrogen) atoms. The molecule has 4 heteroatoms. The van der Waals surface area contributed by atoms with Gasteiger partial charge in [0.2, 0.25) is 5.89 Å². The van der Waals surface area contributed by atoms with E-state index < -0.39 is 18.1 Å². The third-order valence-corrected chi connectivity index (χ3v) is 5.99. The molecule has 5 aromatic carbocycles. The maximum Gasteiger partial charge on any atom is 0.228 e. The van der Waals surface area contributed by atoms with E-state index in [0.29, 0.717) is 34.0 Å². The van der Waals surface area contributed by atoms with E-state index in [0.717, 1.165) is 21.9 Å². The molecule has 2 heterocycles. The van der Waals surface area contributed by atoms with E-state index in [4.69, 9.17) is 20.7 Å². The molecule has 0 unspecified atom stereocenters. The Labute approximate surface area is 208 Å². The number of rotatable bonds is 4. The largest absolute Gasteiger partial charge is 0.454 e. The highest BCUT2D eigenvalue weighted by molar-refractivity contribution is 6.15. The van der Waals surface area contributed by atoms with E-state index in [1.165, 1.54) is 0 Å². The maximum atomic E-state index is 8.71. The number of hydrogen-bond acceptors (Lipinski definition) is 4. The minimum absolute atomic E-state index is 0.0318. The predicted molar refractivity (Wildman–Crippen MR) is 141 cm³/mol. The van der Waals surface area contributed by atoms with Gasteiger partial charge in [0.05, 0.1) is 12.5 Å². The van der Waals surface area contributed by atoms with Crippen molar-refractivity contribution < 1.29 is 15.7 Å². The minimum Gasteiger partial charge on any atom is -0.454 e. The molecule has 0 atom stereocenters. The second kappa shape index (κ2) is 7.89. The van der Waals surface area contributed by atoms with Gasteiger partial charge in [0.25, 0.3) is 0 Å². The quantitative estimate of drug-likeness (QED) is 0.265. The molecule has 0 aliphatic carbocycles. The van der Waals surface area contributed by atoms with Crippen molar-refractivity contribution in [1.82, 2.24) is 4.98 Å². The third-order valence-electron chi connectivity index (χ3n) is 5.99. The van der Waals surface area contributed by atoms with E-state index in [2.05, 4.69) is 0 Å². The van der Waals surface area contributed by atoms with Gasteiger partial charge in [-0.2, -0.15) is 0 Å². The SMILES string of the molecule is [2H]c1c([2H])c([2H])c(N(c2ccccc2)c2cccc3c2oc2cccc(-c4nc5ccccc5o4)c23)c([2H])c1[2H]. The lowest BCUT2D eigenvalue weighted by molar-refractivity contribution is 0.620. The summed E-state index contributed by atoms with van der Waals surface area (Å²) < 4.78 is 54.7. The van der Waals surface area contributed by atoms with Crippen molar-refractivity contribution in [3.63, 3.8) is 0 Å². The first-order chi connectivity index (χ1) is 19.4. The first-order valence-electron chi connectivity index (χ1n) is 13.7. The number of oxazole rings is 1. The summed E-state index contributed by atoms with van der Waals surface area (Å²) in [5.74, 6) is 0.463. The second-order valence-corrected chi connectivity index (χ2v) is 8.07. The summed E-state index contributed by atoms with van der Waals surface area (Å²) in [5, 5.41) is 1.58. The average molecular weight is 458 g/mol. The van der Waals surface area contributed by atoms with Gasteiger partial charge in [-0.05, 0) is 54.5 Å². The average Bonchev–Trinajstić information content (AvgIpc) is 3.60. The van der Waals surface area contributed by atoms with Gasteiger partial charge in [-0.15, -0.1) is 0 Å². The van der Waals surface area contributed by atoms with Crippen LogP contribution in [0.3, 0.4) is 0 Å². The van der Waals surface area contributed by atoms with Crippen molar-refractivity contribution in [2.75, 3.05) is 4.90 Å². The standard InChI is InChI=1S/C31H20N2O2/c1-3-11-21(12-4-1)33(22-13-5-2-6-14-22)26-18-9-15-23-29-24(16-10-20-28(29)34-30(23)26)31-32-25-17-7-8-19-27(25)35-31/h1-20H/i1D,3D,4D,11D,12D. The van der Waals surface area contributed by atoms with Crippen molar-refractivity contribution in [1.29, 1.82) is 0 Å². The molecule has 166 valence electrons. The Balaban J connectivity index is 1.54. The highest BCUT2D eigenvalue weighted by atomic mass is 16.3. The van der Waals surface area contributed by atoms with Crippen molar-refractivity contribution in [2.24, 2.45) is 0 Å². The van der Waals surface area contributed by atoms with Gasteiger partial charge in [-0.3, -0.25) is 0 Å². The first kappa shape index (κ1) is 15.1. The number of fused-ring (bicyclic) bond motifs is 4. The van der Waals surface area contributed by atoms with Crippen LogP contribution in [0.25, 0.3) is 44.5 Å².